The lowest BCUT2D eigenvalue weighted by atomic mass is 9.76. The van der Waals surface area contributed by atoms with Gasteiger partial charge in [-0.05, 0) is 49.3 Å². The zero-order chi connectivity index (χ0) is 17.6. The van der Waals surface area contributed by atoms with E-state index in [1.54, 1.807) is 0 Å². The number of aryl methyl sites for hydroxylation is 1. The Morgan fingerprint density at radius 2 is 1.96 bits per heavy atom. The molecule has 2 aliphatic heterocycles. The van der Waals surface area contributed by atoms with Crippen molar-refractivity contribution in [3.63, 3.8) is 0 Å². The van der Waals surface area contributed by atoms with Crippen molar-refractivity contribution in [1.82, 2.24) is 14.5 Å². The van der Waals surface area contributed by atoms with Gasteiger partial charge in [0.2, 0.25) is 0 Å². The molecule has 4 nitrogen and oxygen atoms in total. The fraction of sp³-hybridized carbons (Fsp3) is 0.364. The van der Waals surface area contributed by atoms with Crippen LogP contribution in [0.25, 0.3) is 11.4 Å². The van der Waals surface area contributed by atoms with E-state index in [9.17, 15) is 0 Å². The molecule has 0 bridgehead atoms. The van der Waals surface area contributed by atoms with Crippen molar-refractivity contribution < 1.29 is 4.74 Å². The van der Waals surface area contributed by atoms with Gasteiger partial charge >= 0.3 is 0 Å². The quantitative estimate of drug-likeness (QED) is 0.715. The molecule has 2 aliphatic rings. The zero-order valence-corrected chi connectivity index (χ0v) is 15.1. The van der Waals surface area contributed by atoms with Gasteiger partial charge in [-0.25, -0.2) is 4.98 Å². The second kappa shape index (κ2) is 6.06. The van der Waals surface area contributed by atoms with Crippen molar-refractivity contribution in [2.75, 3.05) is 13.2 Å². The van der Waals surface area contributed by atoms with Crippen molar-refractivity contribution in [2.24, 2.45) is 5.92 Å². The number of benzene rings is 1. The molecule has 1 unspecified atom stereocenters. The van der Waals surface area contributed by atoms with Crippen molar-refractivity contribution in [3.05, 3.63) is 71.8 Å². The topological polar surface area (TPSA) is 39.9 Å². The van der Waals surface area contributed by atoms with Crippen LogP contribution in [0.15, 0.2) is 55.0 Å². The maximum absolute atomic E-state index is 5.61. The van der Waals surface area contributed by atoms with E-state index in [-0.39, 0.29) is 5.54 Å². The molecule has 0 spiro atoms. The first kappa shape index (κ1) is 15.8. The Balaban J connectivity index is 1.73. The number of hydrogen-bond acceptors (Lipinski definition) is 3. The molecule has 5 rings (SSSR count). The predicted octanol–water partition coefficient (Wildman–Crippen LogP) is 4.18. The second-order valence-electron chi connectivity index (χ2n) is 7.51. The number of rotatable bonds is 3. The summed E-state index contributed by atoms with van der Waals surface area (Å²) in [6.45, 7) is 3.81. The van der Waals surface area contributed by atoms with Crippen LogP contribution in [0, 0.1) is 12.8 Å². The van der Waals surface area contributed by atoms with E-state index in [1.165, 1.54) is 16.7 Å². The van der Waals surface area contributed by atoms with Crippen molar-refractivity contribution in [2.45, 2.75) is 31.7 Å². The molecule has 0 radical (unpaired) electrons. The minimum absolute atomic E-state index is 0.280. The van der Waals surface area contributed by atoms with Crippen LogP contribution in [-0.2, 0) is 10.3 Å². The molecule has 3 aromatic rings. The number of aromatic nitrogens is 3. The molecule has 1 fully saturated rings. The van der Waals surface area contributed by atoms with E-state index in [0.717, 1.165) is 44.0 Å². The maximum atomic E-state index is 5.61. The number of hydrogen-bond donors (Lipinski definition) is 0. The summed E-state index contributed by atoms with van der Waals surface area (Å²) in [5.74, 6) is 1.67. The van der Waals surface area contributed by atoms with Crippen LogP contribution in [0.4, 0.5) is 0 Å². The van der Waals surface area contributed by atoms with Gasteiger partial charge in [0.1, 0.15) is 11.4 Å². The van der Waals surface area contributed by atoms with E-state index >= 15 is 0 Å². The fourth-order valence-corrected chi connectivity index (χ4v) is 4.63. The van der Waals surface area contributed by atoms with Crippen LogP contribution in [0.1, 0.15) is 36.1 Å². The minimum atomic E-state index is -0.280. The first-order valence-electron chi connectivity index (χ1n) is 9.43. The predicted molar refractivity (Wildman–Crippen MR) is 101 cm³/mol. The Labute approximate surface area is 153 Å². The Hall–Kier alpha value is -2.46. The molecule has 1 atom stereocenters. The highest BCUT2D eigenvalue weighted by Crippen LogP contribution is 2.50. The summed E-state index contributed by atoms with van der Waals surface area (Å²) in [7, 11) is 0. The summed E-state index contributed by atoms with van der Waals surface area (Å²) >= 11 is 0. The first-order valence-corrected chi connectivity index (χ1v) is 9.43. The molecule has 0 N–H and O–H groups in total. The SMILES string of the molecule is Cc1ccc(C2(CC3CCOCC3)c3ccccc3-c3nccn32)nc1. The molecule has 4 heteroatoms. The molecule has 2 aromatic heterocycles. The highest BCUT2D eigenvalue weighted by Gasteiger charge is 2.47. The van der Waals surface area contributed by atoms with Gasteiger partial charge in [0.15, 0.2) is 0 Å². The number of nitrogens with zero attached hydrogens (tertiary/aromatic N) is 3. The molecule has 1 saturated heterocycles. The molecule has 0 aliphatic carbocycles. The van der Waals surface area contributed by atoms with Crippen LogP contribution in [0.3, 0.4) is 0 Å². The monoisotopic (exact) mass is 345 g/mol. The van der Waals surface area contributed by atoms with E-state index in [1.807, 2.05) is 12.4 Å². The van der Waals surface area contributed by atoms with Crippen LogP contribution in [-0.4, -0.2) is 27.7 Å². The highest BCUT2D eigenvalue weighted by atomic mass is 16.5. The first-order chi connectivity index (χ1) is 12.8. The molecular weight excluding hydrogens is 322 g/mol. The zero-order valence-electron chi connectivity index (χ0n) is 15.1. The van der Waals surface area contributed by atoms with Crippen molar-refractivity contribution in [1.29, 1.82) is 0 Å². The van der Waals surface area contributed by atoms with Crippen molar-refractivity contribution >= 4 is 0 Å². The van der Waals surface area contributed by atoms with Gasteiger partial charge in [-0.15, -0.1) is 0 Å². The summed E-state index contributed by atoms with van der Waals surface area (Å²) < 4.78 is 7.96. The summed E-state index contributed by atoms with van der Waals surface area (Å²) in [5, 5.41) is 0. The minimum Gasteiger partial charge on any atom is -0.381 e. The normalized spacial score (nSPS) is 22.2. The van der Waals surface area contributed by atoms with Crippen LogP contribution in [0.5, 0.6) is 0 Å². The second-order valence-corrected chi connectivity index (χ2v) is 7.51. The van der Waals surface area contributed by atoms with Gasteiger partial charge in [0.05, 0.1) is 5.69 Å². The molecule has 26 heavy (non-hydrogen) atoms. The standard InChI is InChI=1S/C22H23N3O/c1-16-6-7-20(24-15-16)22(14-17-8-12-26-13-9-17)19-5-3-2-4-18(19)21-23-10-11-25(21)22/h2-7,10-11,15,17H,8-9,12-14H2,1H3. The van der Waals surface area contributed by atoms with Gasteiger partial charge < -0.3 is 9.30 Å². The van der Waals surface area contributed by atoms with E-state index in [0.29, 0.717) is 5.92 Å². The Kier molecular flexibility index (Phi) is 3.68. The molecular formula is C22H23N3O. The third-order valence-electron chi connectivity index (χ3n) is 5.93. The summed E-state index contributed by atoms with van der Waals surface area (Å²) in [6, 6.07) is 13.0. The van der Waals surface area contributed by atoms with Crippen LogP contribution < -0.4 is 0 Å². The number of imidazole rings is 1. The summed E-state index contributed by atoms with van der Waals surface area (Å²) in [6.07, 6.45) is 9.28. The lowest BCUT2D eigenvalue weighted by molar-refractivity contribution is 0.0563. The maximum Gasteiger partial charge on any atom is 0.141 e. The molecule has 1 aromatic carbocycles. The largest absolute Gasteiger partial charge is 0.381 e. The molecule has 0 saturated carbocycles. The lowest BCUT2D eigenvalue weighted by Crippen LogP contribution is -2.37. The van der Waals surface area contributed by atoms with Crippen LogP contribution in [0.2, 0.25) is 0 Å². The van der Waals surface area contributed by atoms with Gasteiger partial charge in [0.25, 0.3) is 0 Å². The third-order valence-corrected chi connectivity index (χ3v) is 5.93. The average molecular weight is 345 g/mol. The summed E-state index contributed by atoms with van der Waals surface area (Å²) in [4.78, 5) is 9.58. The summed E-state index contributed by atoms with van der Waals surface area (Å²) in [5.41, 5.74) is 4.57. The molecule has 4 heterocycles. The average Bonchev–Trinajstić information content (AvgIpc) is 3.26. The highest BCUT2D eigenvalue weighted by molar-refractivity contribution is 5.70. The van der Waals surface area contributed by atoms with Gasteiger partial charge in [-0.1, -0.05) is 30.3 Å². The van der Waals surface area contributed by atoms with Gasteiger partial charge in [-0.3, -0.25) is 4.98 Å². The van der Waals surface area contributed by atoms with E-state index in [4.69, 9.17) is 9.72 Å². The molecule has 0 amide bonds. The van der Waals surface area contributed by atoms with Gasteiger partial charge in [-0.2, -0.15) is 0 Å². The van der Waals surface area contributed by atoms with Gasteiger partial charge in [0, 0.05) is 37.4 Å². The Morgan fingerprint density at radius 3 is 2.77 bits per heavy atom. The van der Waals surface area contributed by atoms with Crippen LogP contribution >= 0.6 is 0 Å². The fourth-order valence-electron chi connectivity index (χ4n) is 4.63. The van der Waals surface area contributed by atoms with E-state index in [2.05, 4.69) is 59.1 Å². The van der Waals surface area contributed by atoms with Crippen molar-refractivity contribution in [3.8, 4) is 11.4 Å². The number of pyridine rings is 1. The Morgan fingerprint density at radius 1 is 1.12 bits per heavy atom. The third kappa shape index (κ3) is 2.25. The number of ether oxygens (including phenoxy) is 1. The Bertz CT molecular complexity index is 925. The van der Waals surface area contributed by atoms with E-state index < -0.39 is 0 Å². The number of fused-ring (bicyclic) bond motifs is 3. The lowest BCUT2D eigenvalue weighted by Gasteiger charge is -2.37. The molecule has 132 valence electrons. The smallest absolute Gasteiger partial charge is 0.141 e.